The molecule has 1 aliphatic rings. The first-order chi connectivity index (χ1) is 12.5. The van der Waals surface area contributed by atoms with Crippen molar-refractivity contribution >= 4 is 27.5 Å². The van der Waals surface area contributed by atoms with Gasteiger partial charge in [0.1, 0.15) is 10.7 Å². The van der Waals surface area contributed by atoms with Gasteiger partial charge in [-0.2, -0.15) is 0 Å². The number of aromatic nitrogens is 2. The fourth-order valence-electron chi connectivity index (χ4n) is 3.30. The number of nitrogens with one attached hydrogen (secondary N) is 1. The van der Waals surface area contributed by atoms with Crippen molar-refractivity contribution in [2.45, 2.75) is 65.5 Å². The van der Waals surface area contributed by atoms with Gasteiger partial charge in [0.05, 0.1) is 16.4 Å². The third kappa shape index (κ3) is 3.99. The van der Waals surface area contributed by atoms with Gasteiger partial charge in [0.25, 0.3) is 11.5 Å². The van der Waals surface area contributed by atoms with Crippen molar-refractivity contribution in [3.63, 3.8) is 0 Å². The minimum absolute atomic E-state index is 0.00466. The number of carbonyl (C=O) groups is 1. The average molecular weight is 378 g/mol. The summed E-state index contributed by atoms with van der Waals surface area (Å²) in [5, 5.41) is 3.53. The van der Waals surface area contributed by atoms with Gasteiger partial charge in [-0.15, -0.1) is 11.3 Å². The van der Waals surface area contributed by atoms with Gasteiger partial charge in [-0.05, 0) is 45.6 Å². The highest BCUT2D eigenvalue weighted by Gasteiger charge is 2.22. The predicted octanol–water partition coefficient (Wildman–Crippen LogP) is 3.04. The summed E-state index contributed by atoms with van der Waals surface area (Å²) >= 11 is 1.33. The van der Waals surface area contributed by atoms with Crippen molar-refractivity contribution in [2.24, 2.45) is 0 Å². The van der Waals surface area contributed by atoms with Crippen molar-refractivity contribution in [1.29, 1.82) is 0 Å². The molecule has 0 saturated carbocycles. The van der Waals surface area contributed by atoms with E-state index in [0.717, 1.165) is 50.0 Å². The summed E-state index contributed by atoms with van der Waals surface area (Å²) in [7, 11) is 0. The molecule has 3 rings (SSSR count). The Morgan fingerprint density at radius 1 is 1.35 bits per heavy atom. The van der Waals surface area contributed by atoms with Gasteiger partial charge >= 0.3 is 0 Å². The van der Waals surface area contributed by atoms with E-state index in [4.69, 9.17) is 9.72 Å². The van der Waals surface area contributed by atoms with E-state index in [-0.39, 0.29) is 17.6 Å². The third-order valence-corrected chi connectivity index (χ3v) is 5.86. The molecule has 3 heterocycles. The largest absolute Gasteiger partial charge is 0.379 e. The molecule has 1 aliphatic heterocycles. The molecular weight excluding hydrogens is 350 g/mol. The van der Waals surface area contributed by atoms with Gasteiger partial charge in [-0.25, -0.2) is 4.98 Å². The third-order valence-electron chi connectivity index (χ3n) is 4.68. The second-order valence-corrected chi connectivity index (χ2v) is 8.06. The summed E-state index contributed by atoms with van der Waals surface area (Å²) in [6.07, 6.45) is 5.00. The van der Waals surface area contributed by atoms with Crippen LogP contribution in [0.5, 0.6) is 0 Å². The Hall–Kier alpha value is -1.73. The first-order valence-corrected chi connectivity index (χ1v) is 10.2. The minimum atomic E-state index is -0.130. The molecule has 0 radical (unpaired) electrons. The fraction of sp³-hybridized carbons (Fsp3) is 0.632. The molecule has 0 fully saturated rings. The lowest BCUT2D eigenvalue weighted by molar-refractivity contribution is 0.0757. The summed E-state index contributed by atoms with van der Waals surface area (Å²) in [6, 6.07) is 0. The minimum Gasteiger partial charge on any atom is -0.379 e. The molecule has 1 amide bonds. The number of thiophene rings is 1. The summed E-state index contributed by atoms with van der Waals surface area (Å²) < 4.78 is 7.29. The van der Waals surface area contributed by atoms with Crippen LogP contribution in [0.2, 0.25) is 0 Å². The maximum atomic E-state index is 12.9. The zero-order valence-corrected chi connectivity index (χ0v) is 16.6. The van der Waals surface area contributed by atoms with Gasteiger partial charge in [0, 0.05) is 26.1 Å². The Morgan fingerprint density at radius 3 is 2.92 bits per heavy atom. The van der Waals surface area contributed by atoms with Gasteiger partial charge in [0.15, 0.2) is 0 Å². The molecule has 2 aromatic rings. The highest BCUT2D eigenvalue weighted by Crippen LogP contribution is 2.28. The van der Waals surface area contributed by atoms with E-state index >= 15 is 0 Å². The molecule has 26 heavy (non-hydrogen) atoms. The second kappa shape index (κ2) is 8.31. The summed E-state index contributed by atoms with van der Waals surface area (Å²) in [5.41, 5.74) is 0.753. The summed E-state index contributed by atoms with van der Waals surface area (Å²) in [4.78, 5) is 31.5. The van der Waals surface area contributed by atoms with Gasteiger partial charge in [-0.1, -0.05) is 6.42 Å². The quantitative estimate of drug-likeness (QED) is 0.786. The van der Waals surface area contributed by atoms with Crippen molar-refractivity contribution in [3.05, 3.63) is 26.6 Å². The topological polar surface area (TPSA) is 73.2 Å². The average Bonchev–Trinajstić information content (AvgIpc) is 2.77. The van der Waals surface area contributed by atoms with E-state index in [0.29, 0.717) is 28.2 Å². The smallest absolute Gasteiger partial charge is 0.262 e. The van der Waals surface area contributed by atoms with Crippen molar-refractivity contribution in [2.75, 3.05) is 13.2 Å². The molecule has 6 nitrogen and oxygen atoms in total. The van der Waals surface area contributed by atoms with Crippen LogP contribution in [-0.4, -0.2) is 34.7 Å². The maximum absolute atomic E-state index is 12.9. The lowest BCUT2D eigenvalue weighted by Crippen LogP contribution is -2.26. The monoisotopic (exact) mass is 377 g/mol. The van der Waals surface area contributed by atoms with Crippen LogP contribution in [0, 0.1) is 6.92 Å². The molecule has 7 heteroatoms. The molecule has 0 spiro atoms. The number of hydrogen-bond acceptors (Lipinski definition) is 5. The van der Waals surface area contributed by atoms with Crippen LogP contribution < -0.4 is 10.9 Å². The number of hydrogen-bond donors (Lipinski definition) is 1. The van der Waals surface area contributed by atoms with Crippen LogP contribution in [0.1, 0.15) is 60.6 Å². The molecule has 0 saturated heterocycles. The molecule has 142 valence electrons. The lowest BCUT2D eigenvalue weighted by atomic mass is 10.2. The zero-order valence-electron chi connectivity index (χ0n) is 15.8. The normalized spacial score (nSPS) is 14.5. The first kappa shape index (κ1) is 19.0. The second-order valence-electron chi connectivity index (χ2n) is 7.06. The van der Waals surface area contributed by atoms with Crippen molar-refractivity contribution in [3.8, 4) is 0 Å². The van der Waals surface area contributed by atoms with E-state index in [2.05, 4.69) is 5.32 Å². The molecule has 0 aliphatic carbocycles. The molecule has 0 unspecified atom stereocenters. The summed E-state index contributed by atoms with van der Waals surface area (Å²) in [6.45, 7) is 7.74. The van der Waals surface area contributed by atoms with E-state index in [1.54, 1.807) is 4.57 Å². The highest BCUT2D eigenvalue weighted by molar-refractivity contribution is 7.20. The Kier molecular flexibility index (Phi) is 6.09. The lowest BCUT2D eigenvalue weighted by Gasteiger charge is -2.08. The molecule has 1 N–H and O–H groups in total. The zero-order chi connectivity index (χ0) is 18.7. The van der Waals surface area contributed by atoms with Crippen LogP contribution in [0.4, 0.5) is 0 Å². The Morgan fingerprint density at radius 2 is 2.15 bits per heavy atom. The van der Waals surface area contributed by atoms with Crippen LogP contribution in [0.15, 0.2) is 4.79 Å². The Balaban J connectivity index is 1.80. The number of rotatable bonds is 6. The highest BCUT2D eigenvalue weighted by atomic mass is 32.1. The van der Waals surface area contributed by atoms with E-state index in [1.807, 2.05) is 20.8 Å². The van der Waals surface area contributed by atoms with Gasteiger partial charge in [-0.3, -0.25) is 14.2 Å². The van der Waals surface area contributed by atoms with Crippen LogP contribution in [0.3, 0.4) is 0 Å². The summed E-state index contributed by atoms with van der Waals surface area (Å²) in [5.74, 6) is 0.730. The van der Waals surface area contributed by atoms with Crippen molar-refractivity contribution < 1.29 is 9.53 Å². The Labute approximate surface area is 157 Å². The number of ether oxygens (including phenoxy) is 1. The van der Waals surface area contributed by atoms with Crippen molar-refractivity contribution in [1.82, 2.24) is 14.9 Å². The standard InChI is InChI=1S/C19H27N3O3S/c1-12(2)25-11-7-9-20-17(23)16-13(3)15-18(26-16)21-14-8-5-4-6-10-22(14)19(15)24/h12H,4-11H2,1-3H3,(H,20,23). The number of carbonyl (C=O) groups excluding carboxylic acids is 1. The van der Waals surface area contributed by atoms with Gasteiger partial charge < -0.3 is 10.1 Å². The van der Waals surface area contributed by atoms with Crippen LogP contribution >= 0.6 is 11.3 Å². The van der Waals surface area contributed by atoms with E-state index in [9.17, 15) is 9.59 Å². The molecular formula is C19H27N3O3S. The van der Waals surface area contributed by atoms with Crippen LogP contribution in [-0.2, 0) is 17.7 Å². The number of aryl methyl sites for hydroxylation is 2. The number of amides is 1. The number of fused-ring (bicyclic) bond motifs is 2. The molecule has 2 aromatic heterocycles. The molecule has 0 atom stereocenters. The van der Waals surface area contributed by atoms with Gasteiger partial charge in [0.2, 0.25) is 0 Å². The Bertz CT molecular complexity index is 854. The SMILES string of the molecule is Cc1c(C(=O)NCCCOC(C)C)sc2nc3n(c(=O)c12)CCCCC3. The fourth-order valence-corrected chi connectivity index (χ4v) is 4.41. The van der Waals surface area contributed by atoms with E-state index < -0.39 is 0 Å². The van der Waals surface area contributed by atoms with E-state index in [1.165, 1.54) is 11.3 Å². The predicted molar refractivity (Wildman–Crippen MR) is 104 cm³/mol. The maximum Gasteiger partial charge on any atom is 0.262 e. The molecule has 0 aromatic carbocycles. The molecule has 0 bridgehead atoms. The number of nitrogens with zero attached hydrogens (tertiary/aromatic N) is 2. The van der Waals surface area contributed by atoms with Crippen LogP contribution in [0.25, 0.3) is 10.2 Å². The first-order valence-electron chi connectivity index (χ1n) is 9.41.